The second-order valence-corrected chi connectivity index (χ2v) is 7.31. The minimum atomic E-state index is -0.538. The molecule has 7 heteroatoms. The largest absolute Gasteiger partial charge is 0.497 e. The summed E-state index contributed by atoms with van der Waals surface area (Å²) in [6.45, 7) is 8.67. The Bertz CT molecular complexity index is 792. The van der Waals surface area contributed by atoms with Crippen LogP contribution < -0.4 is 10.1 Å². The van der Waals surface area contributed by atoms with E-state index in [9.17, 15) is 9.59 Å². The number of aromatic amines is 1. The van der Waals surface area contributed by atoms with E-state index in [0.29, 0.717) is 19.6 Å². The van der Waals surface area contributed by atoms with Crippen LogP contribution in [-0.2, 0) is 16.0 Å². The van der Waals surface area contributed by atoms with Crippen LogP contribution >= 0.6 is 0 Å². The predicted octanol–water partition coefficient (Wildman–Crippen LogP) is 3.09. The van der Waals surface area contributed by atoms with Crippen LogP contribution in [0, 0.1) is 0 Å². The minimum Gasteiger partial charge on any atom is -0.497 e. The standard InChI is InChI=1S/C20H29N3O4/c1-6-23(19(25)27-20(2,3)4)10-9-21-18(24)11-14-13-22-17-8-7-15(26-5)12-16(14)17/h7-8,12-13,22H,6,9-11H2,1-5H3,(H,21,24). The lowest BCUT2D eigenvalue weighted by atomic mass is 10.1. The van der Waals surface area contributed by atoms with Crippen molar-refractivity contribution >= 4 is 22.9 Å². The molecule has 7 nitrogen and oxygen atoms in total. The highest BCUT2D eigenvalue weighted by Gasteiger charge is 2.21. The van der Waals surface area contributed by atoms with Gasteiger partial charge in [0.05, 0.1) is 13.5 Å². The molecule has 2 rings (SSSR count). The van der Waals surface area contributed by atoms with Crippen molar-refractivity contribution in [1.29, 1.82) is 0 Å². The lowest BCUT2D eigenvalue weighted by Crippen LogP contribution is -2.41. The van der Waals surface area contributed by atoms with Crippen molar-refractivity contribution in [2.24, 2.45) is 0 Å². The summed E-state index contributed by atoms with van der Waals surface area (Å²) in [5.41, 5.74) is 1.33. The van der Waals surface area contributed by atoms with E-state index in [2.05, 4.69) is 10.3 Å². The summed E-state index contributed by atoms with van der Waals surface area (Å²) in [4.78, 5) is 29.1. The molecule has 0 atom stereocenters. The Labute approximate surface area is 160 Å². The lowest BCUT2D eigenvalue weighted by molar-refractivity contribution is -0.120. The van der Waals surface area contributed by atoms with Gasteiger partial charge in [-0.1, -0.05) is 0 Å². The fraction of sp³-hybridized carbons (Fsp3) is 0.500. The number of rotatable bonds is 7. The van der Waals surface area contributed by atoms with Crippen LogP contribution in [0.4, 0.5) is 4.79 Å². The van der Waals surface area contributed by atoms with E-state index >= 15 is 0 Å². The van der Waals surface area contributed by atoms with E-state index < -0.39 is 5.60 Å². The Morgan fingerprint density at radius 1 is 1.26 bits per heavy atom. The normalized spacial score (nSPS) is 11.3. The van der Waals surface area contributed by atoms with Gasteiger partial charge < -0.3 is 24.7 Å². The van der Waals surface area contributed by atoms with Gasteiger partial charge in [0.2, 0.25) is 5.91 Å². The molecule has 0 spiro atoms. The molecule has 0 aliphatic heterocycles. The van der Waals surface area contributed by atoms with Crippen LogP contribution in [0.1, 0.15) is 33.3 Å². The number of amides is 2. The van der Waals surface area contributed by atoms with Gasteiger partial charge in [-0.3, -0.25) is 4.79 Å². The van der Waals surface area contributed by atoms with Crippen LogP contribution in [0.3, 0.4) is 0 Å². The van der Waals surface area contributed by atoms with Gasteiger partial charge in [-0.15, -0.1) is 0 Å². The van der Waals surface area contributed by atoms with Crippen LogP contribution in [0.5, 0.6) is 5.75 Å². The average Bonchev–Trinajstić information content (AvgIpc) is 2.99. The van der Waals surface area contributed by atoms with Gasteiger partial charge >= 0.3 is 6.09 Å². The monoisotopic (exact) mass is 375 g/mol. The highest BCUT2D eigenvalue weighted by molar-refractivity contribution is 5.89. The van der Waals surface area contributed by atoms with E-state index in [1.165, 1.54) is 0 Å². The topological polar surface area (TPSA) is 83.7 Å². The first-order valence-electron chi connectivity index (χ1n) is 9.12. The average molecular weight is 375 g/mol. The molecule has 2 amide bonds. The summed E-state index contributed by atoms with van der Waals surface area (Å²) >= 11 is 0. The second kappa shape index (κ2) is 8.79. The van der Waals surface area contributed by atoms with Gasteiger partial charge in [-0.2, -0.15) is 0 Å². The SMILES string of the molecule is CCN(CCNC(=O)Cc1c[nH]c2ccc(OC)cc12)C(=O)OC(C)(C)C. The Morgan fingerprint density at radius 2 is 2.00 bits per heavy atom. The second-order valence-electron chi connectivity index (χ2n) is 7.31. The van der Waals surface area contributed by atoms with E-state index in [1.54, 1.807) is 12.0 Å². The van der Waals surface area contributed by atoms with Gasteiger partial charge in [0.1, 0.15) is 11.4 Å². The smallest absolute Gasteiger partial charge is 0.410 e. The molecule has 148 valence electrons. The molecule has 0 fully saturated rings. The number of nitrogens with one attached hydrogen (secondary N) is 2. The number of methoxy groups -OCH3 is 1. The van der Waals surface area contributed by atoms with E-state index in [0.717, 1.165) is 22.2 Å². The maximum absolute atomic E-state index is 12.3. The van der Waals surface area contributed by atoms with Crippen molar-refractivity contribution in [3.8, 4) is 5.75 Å². The molecule has 1 heterocycles. The molecule has 0 saturated heterocycles. The molecule has 0 aliphatic rings. The molecular formula is C20H29N3O4. The Kier molecular flexibility index (Phi) is 6.71. The van der Waals surface area contributed by atoms with Gasteiger partial charge in [-0.05, 0) is 51.5 Å². The number of benzene rings is 1. The third-order valence-corrected chi connectivity index (χ3v) is 4.06. The van der Waals surface area contributed by atoms with Crippen LogP contribution in [0.2, 0.25) is 0 Å². The molecule has 1 aromatic carbocycles. The fourth-order valence-electron chi connectivity index (χ4n) is 2.70. The third kappa shape index (κ3) is 5.91. The number of H-pyrrole nitrogens is 1. The molecular weight excluding hydrogens is 346 g/mol. The zero-order valence-corrected chi connectivity index (χ0v) is 16.7. The zero-order chi connectivity index (χ0) is 20.0. The highest BCUT2D eigenvalue weighted by atomic mass is 16.6. The maximum atomic E-state index is 12.3. The lowest BCUT2D eigenvalue weighted by Gasteiger charge is -2.26. The molecule has 2 aromatic rings. The van der Waals surface area contributed by atoms with Gasteiger partial charge in [0.25, 0.3) is 0 Å². The first-order valence-corrected chi connectivity index (χ1v) is 9.12. The summed E-state index contributed by atoms with van der Waals surface area (Å²) < 4.78 is 10.6. The first-order chi connectivity index (χ1) is 12.7. The predicted molar refractivity (Wildman–Crippen MR) is 105 cm³/mol. The van der Waals surface area contributed by atoms with Crippen molar-refractivity contribution in [2.45, 2.75) is 39.7 Å². The third-order valence-electron chi connectivity index (χ3n) is 4.06. The number of nitrogens with zero attached hydrogens (tertiary/aromatic N) is 1. The number of aromatic nitrogens is 1. The molecule has 0 bridgehead atoms. The molecule has 27 heavy (non-hydrogen) atoms. The van der Waals surface area contributed by atoms with Crippen molar-refractivity contribution in [2.75, 3.05) is 26.7 Å². The molecule has 2 N–H and O–H groups in total. The first kappa shape index (κ1) is 20.6. The fourth-order valence-corrected chi connectivity index (χ4v) is 2.70. The van der Waals surface area contributed by atoms with Crippen molar-refractivity contribution < 1.29 is 19.1 Å². The molecule has 0 radical (unpaired) electrons. The quantitative estimate of drug-likeness (QED) is 0.779. The van der Waals surface area contributed by atoms with Gasteiger partial charge in [0, 0.05) is 36.7 Å². The number of ether oxygens (including phenoxy) is 2. The van der Waals surface area contributed by atoms with E-state index in [-0.39, 0.29) is 18.4 Å². The van der Waals surface area contributed by atoms with E-state index in [4.69, 9.17) is 9.47 Å². The Hall–Kier alpha value is -2.70. The number of hydrogen-bond acceptors (Lipinski definition) is 4. The Balaban J connectivity index is 1.88. The molecule has 0 saturated carbocycles. The molecule has 0 aliphatic carbocycles. The molecule has 1 aromatic heterocycles. The van der Waals surface area contributed by atoms with Crippen LogP contribution in [0.25, 0.3) is 10.9 Å². The van der Waals surface area contributed by atoms with Crippen molar-refractivity contribution in [3.05, 3.63) is 30.0 Å². The number of carbonyl (C=O) groups is 2. The summed E-state index contributed by atoms with van der Waals surface area (Å²) in [6, 6.07) is 5.71. The summed E-state index contributed by atoms with van der Waals surface area (Å²) in [7, 11) is 1.62. The molecule has 0 unspecified atom stereocenters. The van der Waals surface area contributed by atoms with Crippen molar-refractivity contribution in [3.63, 3.8) is 0 Å². The highest BCUT2D eigenvalue weighted by Crippen LogP contribution is 2.23. The van der Waals surface area contributed by atoms with Gasteiger partial charge in [-0.25, -0.2) is 4.79 Å². The minimum absolute atomic E-state index is 0.0982. The summed E-state index contributed by atoms with van der Waals surface area (Å²) in [5.74, 6) is 0.652. The number of likely N-dealkylation sites (N-methyl/N-ethyl adjacent to an activating group) is 1. The Morgan fingerprint density at radius 3 is 2.63 bits per heavy atom. The van der Waals surface area contributed by atoms with Crippen LogP contribution in [0.15, 0.2) is 24.4 Å². The number of hydrogen-bond donors (Lipinski definition) is 2. The van der Waals surface area contributed by atoms with E-state index in [1.807, 2.05) is 52.1 Å². The van der Waals surface area contributed by atoms with Crippen molar-refractivity contribution in [1.82, 2.24) is 15.2 Å². The summed E-state index contributed by atoms with van der Waals surface area (Å²) in [5, 5.41) is 3.83. The number of fused-ring (bicyclic) bond motifs is 1. The zero-order valence-electron chi connectivity index (χ0n) is 16.7. The van der Waals surface area contributed by atoms with Crippen LogP contribution in [-0.4, -0.2) is 54.2 Å². The maximum Gasteiger partial charge on any atom is 0.410 e. The number of carbonyl (C=O) groups excluding carboxylic acids is 2. The summed E-state index contributed by atoms with van der Waals surface area (Å²) in [6.07, 6.45) is 1.72. The van der Waals surface area contributed by atoms with Gasteiger partial charge in [0.15, 0.2) is 0 Å².